The molecule has 0 saturated carbocycles. The van der Waals surface area contributed by atoms with Crippen molar-refractivity contribution in [2.45, 2.75) is 26.4 Å². The first-order valence-corrected chi connectivity index (χ1v) is 5.45. The van der Waals surface area contributed by atoms with Crippen LogP contribution in [0.5, 0.6) is 0 Å². The molecule has 0 bridgehead atoms. The fraction of sp³-hybridized carbons (Fsp3) is 0.308. The van der Waals surface area contributed by atoms with E-state index >= 15 is 0 Å². The Kier molecular flexibility index (Phi) is 5.78. The standard InChI is InChI=1S/C13H17NO2/c1-2-3-7-10-14-13(15)16-11-12-8-5-4-6-9-12/h4-10H,2-3,11H2,1H3,(H,14,15)/b10-7+. The molecule has 0 spiro atoms. The number of allylic oxidation sites excluding steroid dienone is 1. The summed E-state index contributed by atoms with van der Waals surface area (Å²) in [5, 5.41) is 2.55. The predicted octanol–water partition coefficient (Wildman–Crippen LogP) is 3.23. The number of ether oxygens (including phenoxy) is 1. The summed E-state index contributed by atoms with van der Waals surface area (Å²) in [6, 6.07) is 9.59. The largest absolute Gasteiger partial charge is 0.444 e. The molecule has 1 amide bonds. The highest BCUT2D eigenvalue weighted by molar-refractivity contribution is 5.68. The lowest BCUT2D eigenvalue weighted by Crippen LogP contribution is -2.18. The van der Waals surface area contributed by atoms with Crippen LogP contribution in [0.2, 0.25) is 0 Å². The average Bonchev–Trinajstić information content (AvgIpc) is 2.33. The van der Waals surface area contributed by atoms with Crippen LogP contribution in [-0.4, -0.2) is 6.09 Å². The number of hydrogen-bond donors (Lipinski definition) is 1. The fourth-order valence-corrected chi connectivity index (χ4v) is 1.14. The van der Waals surface area contributed by atoms with Crippen LogP contribution in [-0.2, 0) is 11.3 Å². The molecule has 0 aliphatic carbocycles. The van der Waals surface area contributed by atoms with Crippen LogP contribution in [0.4, 0.5) is 4.79 Å². The number of benzene rings is 1. The number of hydrogen-bond acceptors (Lipinski definition) is 2. The number of alkyl carbamates (subject to hydrolysis) is 1. The molecule has 0 atom stereocenters. The Morgan fingerprint density at radius 3 is 2.81 bits per heavy atom. The van der Waals surface area contributed by atoms with Crippen LogP contribution < -0.4 is 5.32 Å². The molecule has 0 fully saturated rings. The highest BCUT2D eigenvalue weighted by Crippen LogP contribution is 2.00. The van der Waals surface area contributed by atoms with Gasteiger partial charge >= 0.3 is 6.09 Å². The Labute approximate surface area is 96.1 Å². The van der Waals surface area contributed by atoms with Gasteiger partial charge < -0.3 is 4.74 Å². The lowest BCUT2D eigenvalue weighted by atomic mass is 10.2. The Hall–Kier alpha value is -1.77. The maximum atomic E-state index is 11.2. The zero-order chi connectivity index (χ0) is 11.6. The predicted molar refractivity (Wildman–Crippen MR) is 63.8 cm³/mol. The van der Waals surface area contributed by atoms with Gasteiger partial charge in [-0.3, -0.25) is 5.32 Å². The molecule has 3 nitrogen and oxygen atoms in total. The van der Waals surface area contributed by atoms with E-state index in [9.17, 15) is 4.79 Å². The molecule has 0 unspecified atom stereocenters. The maximum Gasteiger partial charge on any atom is 0.411 e. The van der Waals surface area contributed by atoms with E-state index in [2.05, 4.69) is 12.2 Å². The SMILES string of the molecule is CCC/C=C/NC(=O)OCc1ccccc1. The van der Waals surface area contributed by atoms with Gasteiger partial charge in [-0.2, -0.15) is 0 Å². The van der Waals surface area contributed by atoms with E-state index in [0.717, 1.165) is 18.4 Å². The number of nitrogens with one attached hydrogen (secondary N) is 1. The molecular weight excluding hydrogens is 202 g/mol. The number of amides is 1. The van der Waals surface area contributed by atoms with Crippen molar-refractivity contribution in [2.75, 3.05) is 0 Å². The topological polar surface area (TPSA) is 38.3 Å². The second kappa shape index (κ2) is 7.51. The maximum absolute atomic E-state index is 11.2. The quantitative estimate of drug-likeness (QED) is 0.825. The van der Waals surface area contributed by atoms with E-state index < -0.39 is 6.09 Å². The third-order valence-electron chi connectivity index (χ3n) is 1.99. The van der Waals surface area contributed by atoms with Gasteiger partial charge in [-0.15, -0.1) is 0 Å². The van der Waals surface area contributed by atoms with Gasteiger partial charge in [-0.05, 0) is 12.0 Å². The van der Waals surface area contributed by atoms with Crippen molar-refractivity contribution < 1.29 is 9.53 Å². The van der Waals surface area contributed by atoms with Crippen molar-refractivity contribution in [3.05, 3.63) is 48.2 Å². The van der Waals surface area contributed by atoms with E-state index in [1.165, 1.54) is 0 Å². The zero-order valence-electron chi connectivity index (χ0n) is 9.48. The van der Waals surface area contributed by atoms with Gasteiger partial charge in [0.25, 0.3) is 0 Å². The smallest absolute Gasteiger partial charge is 0.411 e. The Morgan fingerprint density at radius 2 is 2.12 bits per heavy atom. The van der Waals surface area contributed by atoms with Gasteiger partial charge in [0.2, 0.25) is 0 Å². The van der Waals surface area contributed by atoms with Crippen molar-refractivity contribution >= 4 is 6.09 Å². The highest BCUT2D eigenvalue weighted by atomic mass is 16.5. The second-order valence-corrected chi connectivity index (χ2v) is 3.40. The van der Waals surface area contributed by atoms with Crippen LogP contribution in [0.25, 0.3) is 0 Å². The molecule has 0 saturated heterocycles. The Bertz CT molecular complexity index is 333. The minimum Gasteiger partial charge on any atom is -0.444 e. The van der Waals surface area contributed by atoms with Crippen molar-refractivity contribution in [1.29, 1.82) is 0 Å². The van der Waals surface area contributed by atoms with Crippen molar-refractivity contribution in [3.8, 4) is 0 Å². The van der Waals surface area contributed by atoms with E-state index in [1.54, 1.807) is 6.20 Å². The van der Waals surface area contributed by atoms with Crippen molar-refractivity contribution in [3.63, 3.8) is 0 Å². The summed E-state index contributed by atoms with van der Waals surface area (Å²) < 4.78 is 5.01. The molecule has 0 aromatic heterocycles. The molecule has 0 aliphatic heterocycles. The van der Waals surface area contributed by atoms with Crippen LogP contribution in [0, 0.1) is 0 Å². The second-order valence-electron chi connectivity index (χ2n) is 3.40. The highest BCUT2D eigenvalue weighted by Gasteiger charge is 1.98. The summed E-state index contributed by atoms with van der Waals surface area (Å²) in [6.07, 6.45) is 5.13. The molecule has 1 aromatic carbocycles. The summed E-state index contributed by atoms with van der Waals surface area (Å²) in [4.78, 5) is 11.2. The van der Waals surface area contributed by atoms with E-state index in [-0.39, 0.29) is 0 Å². The normalized spacial score (nSPS) is 10.3. The molecule has 0 heterocycles. The van der Waals surface area contributed by atoms with Crippen LogP contribution in [0.1, 0.15) is 25.3 Å². The van der Waals surface area contributed by atoms with E-state index in [0.29, 0.717) is 6.61 Å². The first kappa shape index (κ1) is 12.3. The first-order valence-electron chi connectivity index (χ1n) is 5.45. The lowest BCUT2D eigenvalue weighted by molar-refractivity contribution is 0.143. The number of carbonyl (C=O) groups excluding carboxylic acids is 1. The molecule has 0 radical (unpaired) electrons. The van der Waals surface area contributed by atoms with Gasteiger partial charge in [0, 0.05) is 6.20 Å². The Morgan fingerprint density at radius 1 is 1.38 bits per heavy atom. The number of carbonyl (C=O) groups is 1. The number of rotatable bonds is 5. The molecule has 3 heteroatoms. The monoisotopic (exact) mass is 219 g/mol. The van der Waals surface area contributed by atoms with Gasteiger partial charge in [0.05, 0.1) is 0 Å². The average molecular weight is 219 g/mol. The molecule has 1 N–H and O–H groups in total. The summed E-state index contributed by atoms with van der Waals surface area (Å²) >= 11 is 0. The van der Waals surface area contributed by atoms with E-state index in [1.807, 2.05) is 36.4 Å². The van der Waals surface area contributed by atoms with Gasteiger partial charge in [0.1, 0.15) is 6.61 Å². The van der Waals surface area contributed by atoms with Crippen LogP contribution in [0.15, 0.2) is 42.6 Å². The molecular formula is C13H17NO2. The molecule has 86 valence electrons. The minimum absolute atomic E-state index is 0.300. The van der Waals surface area contributed by atoms with Gasteiger partial charge in [-0.1, -0.05) is 49.8 Å². The summed E-state index contributed by atoms with van der Waals surface area (Å²) in [5.41, 5.74) is 0.982. The summed E-state index contributed by atoms with van der Waals surface area (Å²) in [5.74, 6) is 0. The molecule has 0 aliphatic rings. The first-order chi connectivity index (χ1) is 7.83. The molecule has 1 aromatic rings. The van der Waals surface area contributed by atoms with E-state index in [4.69, 9.17) is 4.74 Å². The van der Waals surface area contributed by atoms with Crippen molar-refractivity contribution in [2.24, 2.45) is 0 Å². The minimum atomic E-state index is -0.420. The molecule has 16 heavy (non-hydrogen) atoms. The Balaban J connectivity index is 2.20. The van der Waals surface area contributed by atoms with Gasteiger partial charge in [-0.25, -0.2) is 4.79 Å². The third kappa shape index (κ3) is 5.20. The summed E-state index contributed by atoms with van der Waals surface area (Å²) in [7, 11) is 0. The zero-order valence-corrected chi connectivity index (χ0v) is 9.48. The lowest BCUT2D eigenvalue weighted by Gasteiger charge is -2.03. The van der Waals surface area contributed by atoms with Gasteiger partial charge in [0.15, 0.2) is 0 Å². The van der Waals surface area contributed by atoms with Crippen LogP contribution >= 0.6 is 0 Å². The summed E-state index contributed by atoms with van der Waals surface area (Å²) in [6.45, 7) is 2.38. The fourth-order valence-electron chi connectivity index (χ4n) is 1.14. The molecule has 1 rings (SSSR count). The van der Waals surface area contributed by atoms with Crippen molar-refractivity contribution in [1.82, 2.24) is 5.32 Å². The van der Waals surface area contributed by atoms with Crippen LogP contribution in [0.3, 0.4) is 0 Å². The number of unbranched alkanes of at least 4 members (excludes halogenated alkanes) is 1. The third-order valence-corrected chi connectivity index (χ3v) is 1.99.